The number of halogens is 1. The summed E-state index contributed by atoms with van der Waals surface area (Å²) in [4.78, 5) is 17.6. The lowest BCUT2D eigenvalue weighted by Crippen LogP contribution is -2.47. The maximum Gasteiger partial charge on any atom is 0.246 e. The number of thiophene rings is 1. The van der Waals surface area contributed by atoms with Gasteiger partial charge in [0, 0.05) is 5.02 Å². The Kier molecular flexibility index (Phi) is 6.01. The molecule has 2 heterocycles. The van der Waals surface area contributed by atoms with Gasteiger partial charge in [0.05, 0.1) is 23.4 Å². The summed E-state index contributed by atoms with van der Waals surface area (Å²) in [5.41, 5.74) is 0.301. The van der Waals surface area contributed by atoms with Crippen molar-refractivity contribution in [2.45, 2.75) is 19.5 Å². The Morgan fingerprint density at radius 3 is 2.79 bits per heavy atom. The number of anilines is 1. The summed E-state index contributed by atoms with van der Waals surface area (Å²) in [7, 11) is -3.72. The van der Waals surface area contributed by atoms with Crippen LogP contribution >= 0.6 is 22.9 Å². The predicted molar refractivity (Wildman–Crippen MR) is 108 cm³/mol. The molecule has 11 heteroatoms. The van der Waals surface area contributed by atoms with E-state index in [2.05, 4.69) is 15.5 Å². The summed E-state index contributed by atoms with van der Waals surface area (Å²) in [5.74, 6) is 0.142. The lowest BCUT2D eigenvalue weighted by Gasteiger charge is -2.28. The molecule has 0 aliphatic heterocycles. The Balaban J connectivity index is 1.71. The molecule has 1 aromatic carbocycles. The van der Waals surface area contributed by atoms with E-state index in [1.165, 1.54) is 24.3 Å². The Morgan fingerprint density at radius 1 is 1.36 bits per heavy atom. The molecule has 0 aliphatic carbocycles. The zero-order valence-corrected chi connectivity index (χ0v) is 17.4. The highest BCUT2D eigenvalue weighted by Gasteiger charge is 2.29. The normalized spacial score (nSPS) is 12.5. The molecule has 1 N–H and O–H groups in total. The summed E-state index contributed by atoms with van der Waals surface area (Å²) >= 11 is 7.43. The third-order valence-corrected chi connectivity index (χ3v) is 6.12. The van der Waals surface area contributed by atoms with Gasteiger partial charge in [-0.25, -0.2) is 8.42 Å². The van der Waals surface area contributed by atoms with Gasteiger partial charge in [-0.3, -0.25) is 9.10 Å². The van der Waals surface area contributed by atoms with Gasteiger partial charge < -0.3 is 9.84 Å². The topological polar surface area (TPSA) is 105 Å². The van der Waals surface area contributed by atoms with E-state index >= 15 is 0 Å². The zero-order chi connectivity index (χ0) is 20.3. The van der Waals surface area contributed by atoms with Gasteiger partial charge in [0.1, 0.15) is 6.04 Å². The average Bonchev–Trinajstić information content (AvgIpc) is 3.30. The molecule has 0 aliphatic rings. The SMILES string of the molecule is CC(C(=O)NCc1nc(-c2cccs2)no1)N(c1cccc(Cl)c1)S(C)(=O)=O. The van der Waals surface area contributed by atoms with Crippen molar-refractivity contribution in [2.24, 2.45) is 0 Å². The number of benzene rings is 1. The molecule has 8 nitrogen and oxygen atoms in total. The number of carbonyl (C=O) groups is 1. The van der Waals surface area contributed by atoms with Crippen molar-refractivity contribution in [3.05, 3.63) is 52.7 Å². The highest BCUT2D eigenvalue weighted by atomic mass is 35.5. The smallest absolute Gasteiger partial charge is 0.246 e. The van der Waals surface area contributed by atoms with E-state index in [4.69, 9.17) is 16.1 Å². The summed E-state index contributed by atoms with van der Waals surface area (Å²) in [5, 5.41) is 8.75. The van der Waals surface area contributed by atoms with E-state index in [-0.39, 0.29) is 12.4 Å². The van der Waals surface area contributed by atoms with E-state index in [1.807, 2.05) is 17.5 Å². The molecule has 1 unspecified atom stereocenters. The second-order valence-electron chi connectivity index (χ2n) is 5.92. The second-order valence-corrected chi connectivity index (χ2v) is 9.17. The summed E-state index contributed by atoms with van der Waals surface area (Å²) < 4.78 is 30.7. The fraction of sp³-hybridized carbons (Fsp3) is 0.235. The van der Waals surface area contributed by atoms with Crippen molar-refractivity contribution in [3.8, 4) is 10.7 Å². The van der Waals surface area contributed by atoms with Gasteiger partial charge in [-0.05, 0) is 36.6 Å². The summed E-state index contributed by atoms with van der Waals surface area (Å²) in [6.45, 7) is 1.47. The molecular weight excluding hydrogens is 424 g/mol. The first-order valence-corrected chi connectivity index (χ1v) is 11.3. The number of nitrogens with zero attached hydrogens (tertiary/aromatic N) is 3. The number of rotatable bonds is 7. The standard InChI is InChI=1S/C17H17ClN4O4S2/c1-11(22(28(2,24)25)13-6-3-5-12(18)9-13)17(23)19-10-15-20-16(21-26-15)14-7-4-8-27-14/h3-9,11H,10H2,1-2H3,(H,19,23). The molecule has 0 bridgehead atoms. The number of hydrogen-bond acceptors (Lipinski definition) is 7. The molecule has 28 heavy (non-hydrogen) atoms. The van der Waals surface area contributed by atoms with E-state index in [0.29, 0.717) is 16.5 Å². The lowest BCUT2D eigenvalue weighted by atomic mass is 10.2. The van der Waals surface area contributed by atoms with Gasteiger partial charge in [0.2, 0.25) is 27.6 Å². The molecular formula is C17H17ClN4O4S2. The highest BCUT2D eigenvalue weighted by Crippen LogP contribution is 2.24. The first-order chi connectivity index (χ1) is 13.3. The Hall–Kier alpha value is -2.43. The molecule has 3 aromatic rings. The first-order valence-electron chi connectivity index (χ1n) is 8.15. The molecule has 0 saturated carbocycles. The van der Waals surface area contributed by atoms with Gasteiger partial charge in [-0.2, -0.15) is 4.98 Å². The second kappa shape index (κ2) is 8.29. The molecule has 1 atom stereocenters. The fourth-order valence-electron chi connectivity index (χ4n) is 2.56. The van der Waals surface area contributed by atoms with Crippen LogP contribution in [0.15, 0.2) is 46.3 Å². The predicted octanol–water partition coefficient (Wildman–Crippen LogP) is 2.92. The third-order valence-electron chi connectivity index (χ3n) is 3.77. The van der Waals surface area contributed by atoms with E-state index in [1.54, 1.807) is 18.2 Å². The van der Waals surface area contributed by atoms with Crippen LogP contribution in [0.1, 0.15) is 12.8 Å². The molecule has 0 spiro atoms. The maximum absolute atomic E-state index is 12.6. The number of sulfonamides is 1. The van der Waals surface area contributed by atoms with Crippen LogP contribution in [0.4, 0.5) is 5.69 Å². The van der Waals surface area contributed by atoms with Crippen LogP contribution in [0.25, 0.3) is 10.7 Å². The van der Waals surface area contributed by atoms with Crippen LogP contribution in [0.2, 0.25) is 5.02 Å². The third kappa shape index (κ3) is 4.70. The molecule has 0 saturated heterocycles. The van der Waals surface area contributed by atoms with Gasteiger partial charge in [-0.1, -0.05) is 28.9 Å². The number of carbonyl (C=O) groups excluding carboxylic acids is 1. The van der Waals surface area contributed by atoms with E-state index < -0.39 is 22.0 Å². The number of aromatic nitrogens is 2. The van der Waals surface area contributed by atoms with Gasteiger partial charge in [-0.15, -0.1) is 11.3 Å². The largest absolute Gasteiger partial charge is 0.345 e. The Labute approximate surface area is 171 Å². The van der Waals surface area contributed by atoms with Crippen LogP contribution in [0.5, 0.6) is 0 Å². The fourth-order valence-corrected chi connectivity index (χ4v) is 4.57. The quantitative estimate of drug-likeness (QED) is 0.605. The maximum atomic E-state index is 12.6. The number of amides is 1. The van der Waals surface area contributed by atoms with E-state index in [9.17, 15) is 13.2 Å². The van der Waals surface area contributed by atoms with Crippen LogP contribution in [0, 0.1) is 0 Å². The van der Waals surface area contributed by atoms with E-state index in [0.717, 1.165) is 15.4 Å². The molecule has 148 valence electrons. The Bertz CT molecular complexity index is 1070. The van der Waals surface area contributed by atoms with Crippen molar-refractivity contribution in [1.82, 2.24) is 15.5 Å². The monoisotopic (exact) mass is 440 g/mol. The zero-order valence-electron chi connectivity index (χ0n) is 15.0. The van der Waals surface area contributed by atoms with Crippen LogP contribution < -0.4 is 9.62 Å². The van der Waals surface area contributed by atoms with Crippen LogP contribution in [-0.4, -0.2) is 36.8 Å². The Morgan fingerprint density at radius 2 is 2.14 bits per heavy atom. The number of nitrogens with one attached hydrogen (secondary N) is 1. The summed E-state index contributed by atoms with van der Waals surface area (Å²) in [6.07, 6.45) is 1.03. The number of hydrogen-bond donors (Lipinski definition) is 1. The molecule has 1 amide bonds. The van der Waals surface area contributed by atoms with Crippen molar-refractivity contribution in [2.75, 3.05) is 10.6 Å². The molecule has 2 aromatic heterocycles. The minimum Gasteiger partial charge on any atom is -0.345 e. The van der Waals surface area contributed by atoms with Crippen molar-refractivity contribution < 1.29 is 17.7 Å². The summed E-state index contributed by atoms with van der Waals surface area (Å²) in [6, 6.07) is 9.01. The van der Waals surface area contributed by atoms with Gasteiger partial charge in [0.15, 0.2) is 0 Å². The van der Waals surface area contributed by atoms with Gasteiger partial charge in [0.25, 0.3) is 0 Å². The highest BCUT2D eigenvalue weighted by molar-refractivity contribution is 7.92. The van der Waals surface area contributed by atoms with Crippen molar-refractivity contribution in [3.63, 3.8) is 0 Å². The first kappa shape index (κ1) is 20.3. The average molecular weight is 441 g/mol. The minimum atomic E-state index is -3.72. The molecule has 0 radical (unpaired) electrons. The molecule has 0 fully saturated rings. The van der Waals surface area contributed by atoms with Crippen LogP contribution in [-0.2, 0) is 21.4 Å². The van der Waals surface area contributed by atoms with Gasteiger partial charge >= 0.3 is 0 Å². The lowest BCUT2D eigenvalue weighted by molar-refractivity contribution is -0.122. The minimum absolute atomic E-state index is 0.0192. The van der Waals surface area contributed by atoms with Crippen molar-refractivity contribution >= 4 is 44.6 Å². The van der Waals surface area contributed by atoms with Crippen LogP contribution in [0.3, 0.4) is 0 Å². The molecule has 3 rings (SSSR count). The van der Waals surface area contributed by atoms with Crippen molar-refractivity contribution in [1.29, 1.82) is 0 Å².